The lowest BCUT2D eigenvalue weighted by Crippen LogP contribution is -2.33. The zero-order valence-corrected chi connectivity index (χ0v) is 14.7. The van der Waals surface area contributed by atoms with Gasteiger partial charge in [0.2, 0.25) is 0 Å². The van der Waals surface area contributed by atoms with Crippen LogP contribution in [0.1, 0.15) is 24.5 Å². The molecule has 3 rings (SSSR count). The predicted molar refractivity (Wildman–Crippen MR) is 101 cm³/mol. The fourth-order valence-corrected chi connectivity index (χ4v) is 3.45. The summed E-state index contributed by atoms with van der Waals surface area (Å²) in [6, 6.07) is 14.7. The third-order valence-electron chi connectivity index (χ3n) is 4.71. The molecule has 126 valence electrons. The Hall–Kier alpha value is -2.74. The molecule has 1 aromatic carbocycles. The number of allylic oxidation sites excluding steroid dienone is 5. The van der Waals surface area contributed by atoms with Crippen LogP contribution in [-0.2, 0) is 17.8 Å². The van der Waals surface area contributed by atoms with Crippen molar-refractivity contribution in [2.45, 2.75) is 26.3 Å². The van der Waals surface area contributed by atoms with Gasteiger partial charge < -0.3 is 0 Å². The Bertz CT molecular complexity index is 813. The van der Waals surface area contributed by atoms with Crippen LogP contribution >= 0.6 is 0 Å². The first-order valence-corrected chi connectivity index (χ1v) is 8.75. The van der Waals surface area contributed by atoms with Crippen LogP contribution in [-0.4, -0.2) is 5.78 Å². The largest absolute Gasteiger partial charge is 0.294 e. The van der Waals surface area contributed by atoms with Crippen LogP contribution in [0.4, 0.5) is 0 Å². The predicted octanol–water partition coefficient (Wildman–Crippen LogP) is 4.21. The molecule has 2 aromatic rings. The lowest BCUT2D eigenvalue weighted by atomic mass is 9.97. The van der Waals surface area contributed by atoms with E-state index >= 15 is 0 Å². The molecule has 2 heteroatoms. The molecule has 0 radical (unpaired) electrons. The highest BCUT2D eigenvalue weighted by atomic mass is 16.1. The van der Waals surface area contributed by atoms with Gasteiger partial charge in [0, 0.05) is 29.2 Å². The zero-order chi connectivity index (χ0) is 17.6. The van der Waals surface area contributed by atoms with Crippen molar-refractivity contribution in [3.63, 3.8) is 0 Å². The van der Waals surface area contributed by atoms with Gasteiger partial charge in [-0.3, -0.25) is 4.79 Å². The van der Waals surface area contributed by atoms with Crippen molar-refractivity contribution in [2.75, 3.05) is 0 Å². The smallest absolute Gasteiger partial charge is 0.173 e. The van der Waals surface area contributed by atoms with Gasteiger partial charge in [0.25, 0.3) is 0 Å². The average molecular weight is 330 g/mol. The Morgan fingerprint density at radius 3 is 2.48 bits per heavy atom. The minimum absolute atomic E-state index is 0.0439. The Labute approximate surface area is 149 Å². The number of pyridine rings is 1. The third kappa shape index (κ3) is 4.03. The van der Waals surface area contributed by atoms with Crippen LogP contribution < -0.4 is 4.57 Å². The summed E-state index contributed by atoms with van der Waals surface area (Å²) in [5, 5.41) is 0. The van der Waals surface area contributed by atoms with E-state index in [1.54, 1.807) is 6.08 Å². The molecule has 0 spiro atoms. The topological polar surface area (TPSA) is 20.9 Å². The fraction of sp³-hybridized carbons (Fsp3) is 0.217. The minimum atomic E-state index is 0.0439. The van der Waals surface area contributed by atoms with Crippen molar-refractivity contribution in [1.29, 1.82) is 0 Å². The first-order chi connectivity index (χ1) is 12.2. The molecule has 1 fully saturated rings. The molecular weight excluding hydrogens is 306 g/mol. The van der Waals surface area contributed by atoms with E-state index in [4.69, 9.17) is 0 Å². The van der Waals surface area contributed by atoms with Crippen LogP contribution in [0.2, 0.25) is 0 Å². The van der Waals surface area contributed by atoms with E-state index in [9.17, 15) is 4.79 Å². The second kappa shape index (κ2) is 7.89. The first-order valence-electron chi connectivity index (χ1n) is 8.75. The number of carbonyl (C=O) groups is 1. The van der Waals surface area contributed by atoms with Gasteiger partial charge in [-0.05, 0) is 30.9 Å². The van der Waals surface area contributed by atoms with Gasteiger partial charge in [-0.15, -0.1) is 0 Å². The molecule has 1 saturated carbocycles. The third-order valence-corrected chi connectivity index (χ3v) is 4.71. The molecule has 1 aliphatic rings. The maximum atomic E-state index is 12.6. The number of ketones is 1. The summed E-state index contributed by atoms with van der Waals surface area (Å²) in [7, 11) is 0. The average Bonchev–Trinajstić information content (AvgIpc) is 2.92. The van der Waals surface area contributed by atoms with Crippen LogP contribution in [0, 0.1) is 5.92 Å². The number of benzene rings is 1. The number of hydrogen-bond donors (Lipinski definition) is 0. The van der Waals surface area contributed by atoms with Crippen molar-refractivity contribution >= 4 is 5.78 Å². The van der Waals surface area contributed by atoms with E-state index in [1.807, 2.05) is 25.1 Å². The highest BCUT2D eigenvalue weighted by Crippen LogP contribution is 2.34. The van der Waals surface area contributed by atoms with Crippen LogP contribution in [0.15, 0.2) is 90.8 Å². The van der Waals surface area contributed by atoms with Crippen molar-refractivity contribution in [3.05, 3.63) is 102 Å². The molecule has 1 aliphatic carbocycles. The summed E-state index contributed by atoms with van der Waals surface area (Å²) in [6.45, 7) is 6.55. The lowest BCUT2D eigenvalue weighted by Gasteiger charge is -2.06. The fourth-order valence-electron chi connectivity index (χ4n) is 3.45. The Morgan fingerprint density at radius 2 is 1.84 bits per heavy atom. The second-order valence-electron chi connectivity index (χ2n) is 6.46. The summed E-state index contributed by atoms with van der Waals surface area (Å²) >= 11 is 0. The van der Waals surface area contributed by atoms with Crippen molar-refractivity contribution in [2.24, 2.45) is 5.92 Å². The van der Waals surface area contributed by atoms with Crippen LogP contribution in [0.5, 0.6) is 0 Å². The summed E-state index contributed by atoms with van der Waals surface area (Å²) in [5.74, 6) is 0.305. The van der Waals surface area contributed by atoms with E-state index in [0.29, 0.717) is 0 Å². The van der Waals surface area contributed by atoms with Gasteiger partial charge in [-0.1, -0.05) is 55.1 Å². The maximum Gasteiger partial charge on any atom is 0.173 e. The quantitative estimate of drug-likeness (QED) is 0.594. The molecule has 1 heterocycles. The highest BCUT2D eigenvalue weighted by Gasteiger charge is 2.32. The van der Waals surface area contributed by atoms with Gasteiger partial charge in [-0.25, -0.2) is 4.57 Å². The summed E-state index contributed by atoms with van der Waals surface area (Å²) < 4.78 is 2.16. The highest BCUT2D eigenvalue weighted by molar-refractivity contribution is 6.04. The van der Waals surface area contributed by atoms with Gasteiger partial charge in [0.15, 0.2) is 24.7 Å². The summed E-state index contributed by atoms with van der Waals surface area (Å²) in [4.78, 5) is 12.6. The van der Waals surface area contributed by atoms with E-state index in [2.05, 4.69) is 59.9 Å². The normalized spacial score (nSPS) is 20.4. The molecule has 0 bridgehead atoms. The van der Waals surface area contributed by atoms with Gasteiger partial charge >= 0.3 is 0 Å². The molecule has 0 aliphatic heterocycles. The number of Topliss-reactive ketones (excluding diaryl/α,β-unsaturated/α-hetero) is 1. The van der Waals surface area contributed by atoms with Gasteiger partial charge in [0.05, 0.1) is 0 Å². The van der Waals surface area contributed by atoms with Crippen LogP contribution in [0.3, 0.4) is 0 Å². The lowest BCUT2D eigenvalue weighted by molar-refractivity contribution is -0.688. The SMILES string of the molecule is C=C/C=C1/CC(Cc2cc[n+](Cc3ccccc3)cc2)C(=O)/C1=C/C. The molecule has 0 amide bonds. The standard InChI is InChI=1S/C23H24NO/c1-3-8-20-16-21(23(25)22(20)4-2)15-18-11-13-24(14-12-18)17-19-9-6-5-7-10-19/h3-14,21H,1,15-17H2,2H3/q+1/b20-8-,22-4+. The van der Waals surface area contributed by atoms with Crippen molar-refractivity contribution in [3.8, 4) is 0 Å². The van der Waals surface area contributed by atoms with Crippen LogP contribution in [0.25, 0.3) is 0 Å². The van der Waals surface area contributed by atoms with E-state index in [0.717, 1.165) is 30.5 Å². The first kappa shape index (κ1) is 17.1. The molecule has 0 N–H and O–H groups in total. The Kier molecular flexibility index (Phi) is 5.39. The molecule has 1 unspecified atom stereocenters. The van der Waals surface area contributed by atoms with E-state index in [1.165, 1.54) is 11.1 Å². The van der Waals surface area contributed by atoms with Crippen molar-refractivity contribution in [1.82, 2.24) is 0 Å². The monoisotopic (exact) mass is 330 g/mol. The van der Waals surface area contributed by atoms with Gasteiger partial charge in [-0.2, -0.15) is 0 Å². The maximum absolute atomic E-state index is 12.6. The molecule has 25 heavy (non-hydrogen) atoms. The van der Waals surface area contributed by atoms with E-state index in [-0.39, 0.29) is 11.7 Å². The van der Waals surface area contributed by atoms with Crippen molar-refractivity contribution < 1.29 is 9.36 Å². The molecule has 2 nitrogen and oxygen atoms in total. The number of carbonyl (C=O) groups excluding carboxylic acids is 1. The van der Waals surface area contributed by atoms with Gasteiger partial charge in [0.1, 0.15) is 0 Å². The number of nitrogens with zero attached hydrogens (tertiary/aromatic N) is 1. The summed E-state index contributed by atoms with van der Waals surface area (Å²) in [6.07, 6.45) is 11.4. The zero-order valence-electron chi connectivity index (χ0n) is 14.7. The molecular formula is C23H24NO+. The number of hydrogen-bond acceptors (Lipinski definition) is 1. The number of rotatable bonds is 5. The summed E-state index contributed by atoms with van der Waals surface area (Å²) in [5.41, 5.74) is 4.46. The Morgan fingerprint density at radius 1 is 1.12 bits per heavy atom. The Balaban J connectivity index is 1.68. The minimum Gasteiger partial charge on any atom is -0.294 e. The molecule has 0 saturated heterocycles. The molecule has 1 aromatic heterocycles. The molecule has 1 atom stereocenters. The second-order valence-corrected chi connectivity index (χ2v) is 6.46. The van der Waals surface area contributed by atoms with E-state index < -0.39 is 0 Å². The number of aromatic nitrogens is 1.